The van der Waals surface area contributed by atoms with Crippen LogP contribution in [-0.2, 0) is 25.8 Å². The molecular formula is C20H16F3N3Na2O5S. The molecule has 0 atom stereocenters. The first-order chi connectivity index (χ1) is 15.0. The molecule has 0 radical (unpaired) electrons. The molecule has 34 heavy (non-hydrogen) atoms. The summed E-state index contributed by atoms with van der Waals surface area (Å²) in [4.78, 5) is 17.5. The van der Waals surface area contributed by atoms with E-state index < -0.39 is 40.9 Å². The number of carbonyl (C=O) groups is 1. The number of halogens is 3. The van der Waals surface area contributed by atoms with E-state index in [1.54, 1.807) is 24.3 Å². The average molecular weight is 513 g/mol. The van der Waals surface area contributed by atoms with Gasteiger partial charge in [-0.2, -0.15) is 18.3 Å². The fraction of sp³-hybridized carbons (Fsp3) is 0.200. The Morgan fingerprint density at radius 1 is 1.09 bits per heavy atom. The van der Waals surface area contributed by atoms with E-state index in [0.29, 0.717) is 5.56 Å². The van der Waals surface area contributed by atoms with Crippen molar-refractivity contribution in [2.45, 2.75) is 24.4 Å². The van der Waals surface area contributed by atoms with E-state index in [9.17, 15) is 31.5 Å². The number of carboxylic acids is 1. The van der Waals surface area contributed by atoms with Crippen LogP contribution in [0.5, 0.6) is 0 Å². The van der Waals surface area contributed by atoms with Gasteiger partial charge in [0.25, 0.3) is 0 Å². The van der Waals surface area contributed by atoms with E-state index in [0.717, 1.165) is 28.4 Å². The summed E-state index contributed by atoms with van der Waals surface area (Å²) >= 11 is 0. The summed E-state index contributed by atoms with van der Waals surface area (Å²) in [6.07, 6.45) is -5.21. The van der Waals surface area contributed by atoms with Crippen molar-refractivity contribution < 1.29 is 95.4 Å². The van der Waals surface area contributed by atoms with Gasteiger partial charge in [0.15, 0.2) is 5.69 Å². The van der Waals surface area contributed by atoms with Gasteiger partial charge in [-0.3, -0.25) is 0 Å². The van der Waals surface area contributed by atoms with Gasteiger partial charge in [0.05, 0.1) is 16.3 Å². The zero-order valence-corrected chi connectivity index (χ0v) is 23.4. The van der Waals surface area contributed by atoms with Crippen molar-refractivity contribution in [3.8, 4) is 16.9 Å². The Morgan fingerprint density at radius 2 is 1.68 bits per heavy atom. The maximum absolute atomic E-state index is 13.3. The van der Waals surface area contributed by atoms with Crippen molar-refractivity contribution >= 4 is 16.0 Å². The second-order valence-corrected chi connectivity index (χ2v) is 8.26. The van der Waals surface area contributed by atoms with Gasteiger partial charge in [-0.05, 0) is 37.3 Å². The number of aliphatic carboxylic acids is 1. The Kier molecular flexibility index (Phi) is 11.5. The van der Waals surface area contributed by atoms with Crippen molar-refractivity contribution in [2.75, 3.05) is 6.61 Å². The van der Waals surface area contributed by atoms with Gasteiger partial charge < -0.3 is 19.6 Å². The molecule has 0 aliphatic carbocycles. The third kappa shape index (κ3) is 7.90. The molecule has 0 amide bonds. The number of aryl methyl sites for hydroxylation is 1. The molecule has 0 aliphatic rings. The van der Waals surface area contributed by atoms with Crippen LogP contribution in [-0.4, -0.2) is 30.8 Å². The topological polar surface area (TPSA) is 115 Å². The van der Waals surface area contributed by atoms with Crippen molar-refractivity contribution in [1.29, 1.82) is 0 Å². The minimum atomic E-state index is -4.67. The van der Waals surface area contributed by atoms with Crippen molar-refractivity contribution in [1.82, 2.24) is 9.78 Å². The quantitative estimate of drug-likeness (QED) is 0.180. The Morgan fingerprint density at radius 3 is 2.21 bits per heavy atom. The van der Waals surface area contributed by atoms with Crippen LogP contribution in [0, 0.1) is 6.92 Å². The normalized spacial score (nSPS) is 11.4. The number of nitrogens with zero attached hydrogens (tertiary/aromatic N) is 3. The molecule has 0 saturated carbocycles. The molecule has 0 N–H and O–H groups in total. The summed E-state index contributed by atoms with van der Waals surface area (Å²) in [5, 5.41) is 14.0. The summed E-state index contributed by atoms with van der Waals surface area (Å²) < 4.78 is 65.2. The van der Waals surface area contributed by atoms with Crippen LogP contribution in [0.25, 0.3) is 21.8 Å². The van der Waals surface area contributed by atoms with Gasteiger partial charge in [-0.15, -0.1) is 0 Å². The molecule has 14 heteroatoms. The Hall–Kier alpha value is -1.22. The molecule has 2 aromatic carbocycles. The molecule has 1 aromatic heterocycles. The zero-order valence-electron chi connectivity index (χ0n) is 18.5. The number of carbonyl (C=O) groups excluding carboxylic acids is 1. The van der Waals surface area contributed by atoms with Gasteiger partial charge in [-0.25, -0.2) is 13.1 Å². The van der Waals surface area contributed by atoms with Crippen molar-refractivity contribution in [2.24, 2.45) is 0 Å². The number of hydrogen-bond donors (Lipinski definition) is 0. The molecule has 3 aromatic rings. The number of aromatic nitrogens is 2. The molecule has 8 nitrogen and oxygen atoms in total. The fourth-order valence-corrected chi connectivity index (χ4v) is 3.46. The van der Waals surface area contributed by atoms with E-state index in [2.05, 4.69) is 14.8 Å². The van der Waals surface area contributed by atoms with Crippen molar-refractivity contribution in [3.05, 3.63) is 70.7 Å². The van der Waals surface area contributed by atoms with E-state index in [4.69, 9.17) is 0 Å². The monoisotopic (exact) mass is 513 g/mol. The number of hydrogen-bond acceptors (Lipinski definition) is 6. The third-order valence-corrected chi connectivity index (χ3v) is 5.44. The first-order valence-corrected chi connectivity index (χ1v) is 10.6. The smallest absolute Gasteiger partial charge is 0.550 e. The summed E-state index contributed by atoms with van der Waals surface area (Å²) in [6.45, 7) is 1.35. The van der Waals surface area contributed by atoms with Gasteiger partial charge in [0.2, 0.25) is 0 Å². The van der Waals surface area contributed by atoms with E-state index in [-0.39, 0.29) is 75.4 Å². The molecule has 3 rings (SSSR count). The minimum absolute atomic E-state index is 0. The Bertz CT molecular complexity index is 1220. The average Bonchev–Trinajstić information content (AvgIpc) is 3.18. The van der Waals surface area contributed by atoms with Crippen LogP contribution >= 0.6 is 0 Å². The fourth-order valence-electron chi connectivity index (χ4n) is 2.68. The second kappa shape index (κ2) is 12.7. The van der Waals surface area contributed by atoms with Crippen LogP contribution in [0.2, 0.25) is 0 Å². The molecule has 0 saturated heterocycles. The Balaban J connectivity index is 0.00000289. The predicted octanol–water partition coefficient (Wildman–Crippen LogP) is -2.99. The number of alkyl halides is 3. The van der Waals surface area contributed by atoms with E-state index in [1.165, 1.54) is 12.1 Å². The molecule has 0 aliphatic heterocycles. The summed E-state index contributed by atoms with van der Waals surface area (Å²) in [7, 11) is -4.26. The van der Waals surface area contributed by atoms with E-state index in [1.807, 2.05) is 6.92 Å². The Labute approximate surface area is 238 Å². The van der Waals surface area contributed by atoms with Gasteiger partial charge in [0.1, 0.15) is 10.0 Å². The maximum atomic E-state index is 13.3. The maximum Gasteiger partial charge on any atom is 1.00 e. The number of sulfonamides is 1. The molecule has 0 spiro atoms. The molecule has 1 heterocycles. The molecule has 170 valence electrons. The van der Waals surface area contributed by atoms with E-state index >= 15 is 0 Å². The summed E-state index contributed by atoms with van der Waals surface area (Å²) in [5.74, 6) is -1.43. The minimum Gasteiger partial charge on any atom is -0.550 e. The van der Waals surface area contributed by atoms with Gasteiger partial charge >= 0.3 is 65.3 Å². The summed E-state index contributed by atoms with van der Waals surface area (Å²) in [5.41, 5.74) is 0.680. The molecular weight excluding hydrogens is 497 g/mol. The number of rotatable bonds is 8. The number of benzene rings is 2. The van der Waals surface area contributed by atoms with Crippen LogP contribution in [0.1, 0.15) is 17.7 Å². The van der Waals surface area contributed by atoms with Gasteiger partial charge in [-0.1, -0.05) is 29.8 Å². The molecule has 0 fully saturated rings. The first-order valence-electron chi connectivity index (χ1n) is 9.11. The summed E-state index contributed by atoms with van der Waals surface area (Å²) in [6, 6.07) is 12.5. The van der Waals surface area contributed by atoms with Crippen LogP contribution in [0.3, 0.4) is 0 Å². The predicted molar refractivity (Wildman–Crippen MR) is 105 cm³/mol. The molecule has 0 bridgehead atoms. The van der Waals surface area contributed by atoms with Crippen LogP contribution in [0.4, 0.5) is 13.2 Å². The number of carboxylic acid groups (broad SMARTS) is 1. The van der Waals surface area contributed by atoms with Crippen LogP contribution in [0.15, 0.2) is 59.5 Å². The SMILES string of the molecule is Cc1ccc(-c2cc(C(F)(F)F)nn2-c2ccc(S(=O)(=O)[N-]OCCC(=O)[O-])cc2)cc1.[Na+].[Na+]. The first kappa shape index (κ1) is 30.8. The molecule has 0 unspecified atom stereocenters. The van der Waals surface area contributed by atoms with Crippen molar-refractivity contribution in [3.63, 3.8) is 0 Å². The largest absolute Gasteiger partial charge is 1.00 e. The standard InChI is InChI=1S/C20H17F3N3O5S.2Na/c1-13-2-4-14(5-3-13)17-12-18(20(21,22)23)24-26(17)15-6-8-16(9-7-15)32(29,30)25-31-11-10-19(27)28;;/h2-9,12H,10-11H2,1H3,(H,27,28);;/q-1;2*+1/p-1. The third-order valence-electron chi connectivity index (χ3n) is 4.27. The van der Waals surface area contributed by atoms with Crippen LogP contribution < -0.4 is 64.2 Å². The van der Waals surface area contributed by atoms with Gasteiger partial charge in [0, 0.05) is 24.6 Å². The second-order valence-electron chi connectivity index (χ2n) is 6.69. The zero-order chi connectivity index (χ0) is 23.5.